The summed E-state index contributed by atoms with van der Waals surface area (Å²) in [6.07, 6.45) is 3.40. The summed E-state index contributed by atoms with van der Waals surface area (Å²) in [4.78, 5) is 41.6. The fourth-order valence-electron chi connectivity index (χ4n) is 6.62. The van der Waals surface area contributed by atoms with Crippen LogP contribution >= 0.6 is 12.4 Å². The molecule has 0 radical (unpaired) electrons. The van der Waals surface area contributed by atoms with E-state index in [1.807, 2.05) is 31.2 Å². The van der Waals surface area contributed by atoms with Gasteiger partial charge in [0.25, 0.3) is 0 Å². The van der Waals surface area contributed by atoms with Crippen molar-refractivity contribution in [3.8, 4) is 22.5 Å². The van der Waals surface area contributed by atoms with E-state index in [4.69, 9.17) is 10.5 Å². The Morgan fingerprint density at radius 3 is 2.39 bits per heavy atom. The van der Waals surface area contributed by atoms with Gasteiger partial charge in [0.1, 0.15) is 6.04 Å². The molecule has 2 aliphatic rings. The van der Waals surface area contributed by atoms with Crippen LogP contribution in [0.15, 0.2) is 76.4 Å². The third-order valence-electron chi connectivity index (χ3n) is 9.61. The molecule has 2 amide bonds. The summed E-state index contributed by atoms with van der Waals surface area (Å²) in [6.45, 7) is 3.86. The first kappa shape index (κ1) is 37.9. The molecule has 1 aliphatic heterocycles. The number of carbonyl (C=O) groups excluding carboxylic acids is 2. The molecule has 3 aromatic carbocycles. The van der Waals surface area contributed by atoms with E-state index in [1.165, 1.54) is 4.31 Å². The monoisotopic (exact) mass is 737 g/mol. The first-order valence-corrected chi connectivity index (χ1v) is 18.4. The summed E-state index contributed by atoms with van der Waals surface area (Å²) >= 11 is 0. The molecule has 2 heterocycles. The Bertz CT molecular complexity index is 1990. The molecule has 4 aromatic rings. The molecular weight excluding hydrogens is 694 g/mol. The molecule has 1 saturated heterocycles. The average molecular weight is 738 g/mol. The van der Waals surface area contributed by atoms with Gasteiger partial charge in [-0.2, -0.15) is 9.40 Å². The number of nitrogens with two attached hydrogens (primary N) is 1. The Morgan fingerprint density at radius 1 is 1.00 bits per heavy atom. The average Bonchev–Trinajstić information content (AvgIpc) is 3.58. The highest BCUT2D eigenvalue weighted by atomic mass is 35.5. The zero-order valence-corrected chi connectivity index (χ0v) is 30.0. The van der Waals surface area contributed by atoms with Crippen molar-refractivity contribution >= 4 is 39.9 Å². The molecule has 0 bridgehead atoms. The van der Waals surface area contributed by atoms with E-state index in [9.17, 15) is 22.8 Å². The minimum absolute atomic E-state index is 0. The highest BCUT2D eigenvalue weighted by Gasteiger charge is 2.30. The van der Waals surface area contributed by atoms with E-state index in [1.54, 1.807) is 42.5 Å². The SMILES string of the molecule is Cc1ccc(S(=O)(=O)N2CCOCC2)cc1-c1cccc(C[C@H](NC(=O)[C@H]2CC[C@H](CN)CC2)C(=O)Nc2ccc(-c3n[nH]c(=O)[nH]3)cc2)c1.Cl. The lowest BCUT2D eigenvalue weighted by Gasteiger charge is -2.28. The van der Waals surface area contributed by atoms with Crippen molar-refractivity contribution < 1.29 is 22.7 Å². The van der Waals surface area contributed by atoms with Crippen molar-refractivity contribution in [2.45, 2.75) is 50.0 Å². The summed E-state index contributed by atoms with van der Waals surface area (Å²) < 4.78 is 33.7. The largest absolute Gasteiger partial charge is 0.379 e. The number of sulfonamides is 1. The van der Waals surface area contributed by atoms with E-state index in [0.29, 0.717) is 55.8 Å². The molecule has 2 fully saturated rings. The molecule has 6 N–H and O–H groups in total. The summed E-state index contributed by atoms with van der Waals surface area (Å²) in [6, 6.07) is 18.7. The Balaban J connectivity index is 0.00000504. The Kier molecular flexibility index (Phi) is 12.5. The quantitative estimate of drug-likeness (QED) is 0.154. The van der Waals surface area contributed by atoms with Crippen molar-refractivity contribution in [2.24, 2.45) is 17.6 Å². The zero-order chi connectivity index (χ0) is 35.3. The van der Waals surface area contributed by atoms with Crippen molar-refractivity contribution in [3.63, 3.8) is 0 Å². The Labute approximate surface area is 303 Å². The molecule has 0 spiro atoms. The van der Waals surface area contributed by atoms with E-state index in [2.05, 4.69) is 25.8 Å². The topological polar surface area (TPSA) is 192 Å². The summed E-state index contributed by atoms with van der Waals surface area (Å²) in [5.41, 5.74) is 9.89. The molecular formula is C36H44ClN7O6S. The Hall–Kier alpha value is -4.34. The molecule has 13 nitrogen and oxygen atoms in total. The maximum Gasteiger partial charge on any atom is 0.340 e. The van der Waals surface area contributed by atoms with Gasteiger partial charge in [0.05, 0.1) is 18.1 Å². The van der Waals surface area contributed by atoms with E-state index < -0.39 is 21.8 Å². The van der Waals surface area contributed by atoms with Crippen LogP contribution in [0.25, 0.3) is 22.5 Å². The maximum absolute atomic E-state index is 13.8. The van der Waals surface area contributed by atoms with Gasteiger partial charge < -0.3 is 21.1 Å². The number of morpholine rings is 1. The smallest absolute Gasteiger partial charge is 0.340 e. The van der Waals surface area contributed by atoms with Gasteiger partial charge in [-0.3, -0.25) is 14.6 Å². The molecule has 1 aromatic heterocycles. The molecule has 6 rings (SSSR count). The molecule has 1 saturated carbocycles. The van der Waals surface area contributed by atoms with Gasteiger partial charge in [-0.15, -0.1) is 12.4 Å². The number of aryl methyl sites for hydroxylation is 1. The van der Waals surface area contributed by atoms with Gasteiger partial charge in [-0.25, -0.2) is 18.3 Å². The number of carbonyl (C=O) groups is 2. The number of benzene rings is 3. The van der Waals surface area contributed by atoms with Crippen LogP contribution in [-0.4, -0.2) is 78.6 Å². The van der Waals surface area contributed by atoms with Crippen LogP contribution in [0.1, 0.15) is 36.8 Å². The lowest BCUT2D eigenvalue weighted by molar-refractivity contribution is -0.130. The van der Waals surface area contributed by atoms with Gasteiger partial charge in [-0.05, 0) is 104 Å². The minimum atomic E-state index is -3.70. The maximum atomic E-state index is 13.8. The number of nitrogens with zero attached hydrogens (tertiary/aromatic N) is 2. The number of rotatable bonds is 11. The number of amides is 2. The first-order chi connectivity index (χ1) is 24.1. The van der Waals surface area contributed by atoms with Crippen molar-refractivity contribution in [3.05, 3.63) is 88.3 Å². The standard InChI is InChI=1S/C36H43N7O6S.ClH/c1-23-5-14-30(50(47,48)43-15-17-49-18-16-43)21-31(23)28-4-2-3-25(19-28)20-32(39-34(44)27-8-6-24(22-37)7-9-27)35(45)38-29-12-10-26(11-13-29)33-40-36(46)42-41-33;/h2-5,10-14,19,21,24,27,32H,6-9,15-18,20,22,37H2,1H3,(H,38,45)(H,39,44)(H2,40,41,42,46);1H/t24-,27-,32-;/m0./s1. The first-order valence-electron chi connectivity index (χ1n) is 16.9. The van der Waals surface area contributed by atoms with Crippen LogP contribution in [0.4, 0.5) is 5.69 Å². The predicted molar refractivity (Wildman–Crippen MR) is 197 cm³/mol. The van der Waals surface area contributed by atoms with Crippen LogP contribution in [0.3, 0.4) is 0 Å². The minimum Gasteiger partial charge on any atom is -0.379 e. The number of H-pyrrole nitrogens is 2. The normalized spacial score (nSPS) is 18.7. The molecule has 1 aliphatic carbocycles. The summed E-state index contributed by atoms with van der Waals surface area (Å²) in [7, 11) is -3.70. The second kappa shape index (κ2) is 16.8. The van der Waals surface area contributed by atoms with Crippen molar-refractivity contribution in [1.29, 1.82) is 0 Å². The fraction of sp³-hybridized carbons (Fsp3) is 0.389. The van der Waals surface area contributed by atoms with Crippen LogP contribution in [0, 0.1) is 18.8 Å². The third kappa shape index (κ3) is 9.13. The van der Waals surface area contributed by atoms with Gasteiger partial charge in [0.2, 0.25) is 21.8 Å². The van der Waals surface area contributed by atoms with Crippen LogP contribution in [0.2, 0.25) is 0 Å². The van der Waals surface area contributed by atoms with E-state index in [-0.39, 0.29) is 41.5 Å². The highest BCUT2D eigenvalue weighted by molar-refractivity contribution is 7.89. The second-order valence-electron chi connectivity index (χ2n) is 13.0. The van der Waals surface area contributed by atoms with Crippen molar-refractivity contribution in [1.82, 2.24) is 24.8 Å². The van der Waals surface area contributed by atoms with E-state index in [0.717, 1.165) is 47.9 Å². The lowest BCUT2D eigenvalue weighted by Crippen LogP contribution is -2.48. The van der Waals surface area contributed by atoms with Crippen molar-refractivity contribution in [2.75, 3.05) is 38.2 Å². The van der Waals surface area contributed by atoms with Gasteiger partial charge in [-0.1, -0.05) is 30.3 Å². The summed E-state index contributed by atoms with van der Waals surface area (Å²) in [5.74, 6) is 0.0470. The molecule has 0 unspecified atom stereocenters. The predicted octanol–water partition coefficient (Wildman–Crippen LogP) is 3.61. The second-order valence-corrected chi connectivity index (χ2v) is 14.9. The molecule has 15 heteroatoms. The number of hydrogen-bond acceptors (Lipinski definition) is 8. The number of aromatic amines is 2. The highest BCUT2D eigenvalue weighted by Crippen LogP contribution is 2.30. The summed E-state index contributed by atoms with van der Waals surface area (Å²) in [5, 5.41) is 12.2. The number of hydrogen-bond donors (Lipinski definition) is 5. The number of halogens is 1. The number of anilines is 1. The molecule has 51 heavy (non-hydrogen) atoms. The van der Waals surface area contributed by atoms with Gasteiger partial charge in [0, 0.05) is 36.7 Å². The van der Waals surface area contributed by atoms with Gasteiger partial charge in [0.15, 0.2) is 5.82 Å². The van der Waals surface area contributed by atoms with E-state index >= 15 is 0 Å². The van der Waals surface area contributed by atoms with Crippen LogP contribution in [-0.2, 0) is 30.8 Å². The number of ether oxygens (including phenoxy) is 1. The number of aromatic nitrogens is 3. The zero-order valence-electron chi connectivity index (χ0n) is 28.4. The Morgan fingerprint density at radius 2 is 1.73 bits per heavy atom. The lowest BCUT2D eigenvalue weighted by atomic mass is 9.81. The third-order valence-corrected chi connectivity index (χ3v) is 11.5. The van der Waals surface area contributed by atoms with Gasteiger partial charge >= 0.3 is 5.69 Å². The van der Waals surface area contributed by atoms with Crippen LogP contribution < -0.4 is 22.1 Å². The fourth-order valence-corrected chi connectivity index (χ4v) is 8.05. The molecule has 1 atom stereocenters. The number of nitrogens with one attached hydrogen (secondary N) is 4. The van der Waals surface area contributed by atoms with Crippen LogP contribution in [0.5, 0.6) is 0 Å². The molecule has 272 valence electrons.